The van der Waals surface area contributed by atoms with Gasteiger partial charge in [-0.25, -0.2) is 9.59 Å². The fourth-order valence-electron chi connectivity index (χ4n) is 4.08. The zero-order valence-corrected chi connectivity index (χ0v) is 14.4. The zero-order chi connectivity index (χ0) is 17.6. The van der Waals surface area contributed by atoms with Crippen LogP contribution in [0.1, 0.15) is 52.9 Å². The molecule has 2 heterocycles. The minimum Gasteiger partial charge on any atom is -0.480 e. The largest absolute Gasteiger partial charge is 0.480 e. The highest BCUT2D eigenvalue weighted by molar-refractivity contribution is 5.90. The third-order valence-electron chi connectivity index (χ3n) is 5.21. The molecule has 5 atom stereocenters. The number of carboxylic acid groups (broad SMARTS) is 1. The van der Waals surface area contributed by atoms with Crippen molar-refractivity contribution in [3.05, 3.63) is 0 Å². The van der Waals surface area contributed by atoms with E-state index >= 15 is 0 Å². The second kappa shape index (κ2) is 5.93. The van der Waals surface area contributed by atoms with E-state index < -0.39 is 29.7 Å². The Morgan fingerprint density at radius 2 is 1.83 bits per heavy atom. The SMILES string of the molecule is CC(C)(C)OC(=O)NC1CC2CC2CC2CCC(C(=O)O)N2C1=O. The van der Waals surface area contributed by atoms with Crippen LogP contribution < -0.4 is 5.32 Å². The molecule has 5 unspecified atom stereocenters. The number of nitrogens with one attached hydrogen (secondary N) is 1. The molecule has 1 aliphatic carbocycles. The lowest BCUT2D eigenvalue weighted by Gasteiger charge is -2.34. The summed E-state index contributed by atoms with van der Waals surface area (Å²) in [6.45, 7) is 5.29. The average Bonchev–Trinajstić information content (AvgIpc) is 2.99. The number of aliphatic carboxylic acids is 1. The summed E-state index contributed by atoms with van der Waals surface area (Å²) in [6, 6.07) is -1.49. The smallest absolute Gasteiger partial charge is 0.408 e. The first-order valence-corrected chi connectivity index (χ1v) is 8.70. The van der Waals surface area contributed by atoms with Crippen molar-refractivity contribution in [2.24, 2.45) is 11.8 Å². The van der Waals surface area contributed by atoms with Gasteiger partial charge in [0.05, 0.1) is 0 Å². The molecule has 3 rings (SSSR count). The number of alkyl carbamates (subject to hydrolysis) is 1. The van der Waals surface area contributed by atoms with Gasteiger partial charge >= 0.3 is 12.1 Å². The van der Waals surface area contributed by atoms with Crippen LogP contribution in [0.3, 0.4) is 0 Å². The number of rotatable bonds is 2. The maximum atomic E-state index is 13.0. The highest BCUT2D eigenvalue weighted by Gasteiger charge is 2.51. The van der Waals surface area contributed by atoms with Crippen molar-refractivity contribution in [1.82, 2.24) is 10.2 Å². The number of hydrogen-bond donors (Lipinski definition) is 2. The summed E-state index contributed by atoms with van der Waals surface area (Å²) in [5, 5.41) is 12.1. The Morgan fingerprint density at radius 1 is 1.17 bits per heavy atom. The van der Waals surface area contributed by atoms with Gasteiger partial charge in [0.2, 0.25) is 5.91 Å². The number of fused-ring (bicyclic) bond motifs is 2. The quantitative estimate of drug-likeness (QED) is 0.800. The van der Waals surface area contributed by atoms with Crippen LogP contribution >= 0.6 is 0 Å². The minimum atomic E-state index is -0.963. The molecule has 0 spiro atoms. The fraction of sp³-hybridized carbons (Fsp3) is 0.824. The van der Waals surface area contributed by atoms with Crippen LogP contribution in [0.5, 0.6) is 0 Å². The third-order valence-corrected chi connectivity index (χ3v) is 5.21. The van der Waals surface area contributed by atoms with E-state index in [9.17, 15) is 19.5 Å². The summed E-state index contributed by atoms with van der Waals surface area (Å²) in [5.74, 6) is -0.253. The lowest BCUT2D eigenvalue weighted by molar-refractivity contribution is -0.151. The molecule has 7 heteroatoms. The van der Waals surface area contributed by atoms with Crippen molar-refractivity contribution in [3.63, 3.8) is 0 Å². The molecule has 0 radical (unpaired) electrons. The van der Waals surface area contributed by atoms with Crippen LogP contribution in [0.2, 0.25) is 0 Å². The second-order valence-corrected chi connectivity index (χ2v) is 8.26. The van der Waals surface area contributed by atoms with Crippen molar-refractivity contribution in [2.45, 2.75) is 76.6 Å². The van der Waals surface area contributed by atoms with Gasteiger partial charge in [0.1, 0.15) is 17.7 Å². The molecule has 2 aliphatic heterocycles. The van der Waals surface area contributed by atoms with Gasteiger partial charge in [-0.2, -0.15) is 0 Å². The van der Waals surface area contributed by atoms with E-state index in [4.69, 9.17) is 4.74 Å². The predicted octanol–water partition coefficient (Wildman–Crippen LogP) is 1.75. The van der Waals surface area contributed by atoms with E-state index in [0.29, 0.717) is 24.7 Å². The van der Waals surface area contributed by atoms with Crippen LogP contribution in [0.25, 0.3) is 0 Å². The van der Waals surface area contributed by atoms with E-state index in [0.717, 1.165) is 19.3 Å². The number of carboxylic acids is 1. The van der Waals surface area contributed by atoms with E-state index in [1.165, 1.54) is 4.90 Å². The van der Waals surface area contributed by atoms with Crippen molar-refractivity contribution < 1.29 is 24.2 Å². The first-order chi connectivity index (χ1) is 11.2. The lowest BCUT2D eigenvalue weighted by atomic mass is 9.99. The molecule has 7 nitrogen and oxygen atoms in total. The summed E-state index contributed by atoms with van der Waals surface area (Å²) in [4.78, 5) is 38.0. The molecule has 134 valence electrons. The Hall–Kier alpha value is -1.79. The van der Waals surface area contributed by atoms with Crippen molar-refractivity contribution in [1.29, 1.82) is 0 Å². The van der Waals surface area contributed by atoms with E-state index in [2.05, 4.69) is 5.32 Å². The molecule has 0 aromatic carbocycles. The maximum absolute atomic E-state index is 13.0. The molecular formula is C17H26N2O5. The average molecular weight is 338 g/mol. The second-order valence-electron chi connectivity index (χ2n) is 8.26. The van der Waals surface area contributed by atoms with Gasteiger partial charge < -0.3 is 20.1 Å². The van der Waals surface area contributed by atoms with Crippen molar-refractivity contribution in [2.75, 3.05) is 0 Å². The number of nitrogens with zero attached hydrogens (tertiary/aromatic N) is 1. The van der Waals surface area contributed by atoms with Crippen molar-refractivity contribution >= 4 is 18.0 Å². The molecule has 2 N–H and O–H groups in total. The van der Waals surface area contributed by atoms with Gasteiger partial charge in [0.15, 0.2) is 0 Å². The molecule has 3 aliphatic rings. The van der Waals surface area contributed by atoms with Gasteiger partial charge in [-0.05, 0) is 64.7 Å². The monoisotopic (exact) mass is 338 g/mol. The van der Waals surface area contributed by atoms with Gasteiger partial charge in [-0.1, -0.05) is 0 Å². The normalized spacial score (nSPS) is 35.4. The summed E-state index contributed by atoms with van der Waals surface area (Å²) in [6.07, 6.45) is 3.11. The summed E-state index contributed by atoms with van der Waals surface area (Å²) < 4.78 is 5.26. The molecule has 2 amide bonds. The standard InChI is InChI=1S/C17H26N2O5/c1-17(2,3)24-16(23)18-12-8-10-6-9(10)7-11-4-5-13(15(21)22)19(11)14(12)20/h9-13H,4-8H2,1-3H3,(H,18,23)(H,21,22). The molecule has 2 saturated heterocycles. The molecule has 1 saturated carbocycles. The number of carbonyl (C=O) groups is 3. The Morgan fingerprint density at radius 3 is 2.46 bits per heavy atom. The van der Waals surface area contributed by atoms with Crippen LogP contribution in [0.4, 0.5) is 4.79 Å². The van der Waals surface area contributed by atoms with Crippen LogP contribution in [-0.4, -0.2) is 51.7 Å². The highest BCUT2D eigenvalue weighted by atomic mass is 16.6. The molecule has 3 fully saturated rings. The zero-order valence-electron chi connectivity index (χ0n) is 14.4. The third kappa shape index (κ3) is 3.49. The van der Waals surface area contributed by atoms with E-state index in [1.807, 2.05) is 0 Å². The molecule has 0 aromatic rings. The summed E-state index contributed by atoms with van der Waals surface area (Å²) in [5.41, 5.74) is -0.642. The van der Waals surface area contributed by atoms with Crippen LogP contribution in [-0.2, 0) is 14.3 Å². The van der Waals surface area contributed by atoms with Crippen LogP contribution in [0.15, 0.2) is 0 Å². The van der Waals surface area contributed by atoms with Crippen molar-refractivity contribution in [3.8, 4) is 0 Å². The molecular weight excluding hydrogens is 312 g/mol. The van der Waals surface area contributed by atoms with Gasteiger partial charge in [0.25, 0.3) is 0 Å². The maximum Gasteiger partial charge on any atom is 0.408 e. The van der Waals surface area contributed by atoms with Gasteiger partial charge in [-0.15, -0.1) is 0 Å². The topological polar surface area (TPSA) is 95.9 Å². The van der Waals surface area contributed by atoms with Crippen LogP contribution in [0, 0.1) is 11.8 Å². The molecule has 24 heavy (non-hydrogen) atoms. The minimum absolute atomic E-state index is 0.0168. The Labute approximate surface area is 141 Å². The Kier molecular flexibility index (Phi) is 4.21. The summed E-state index contributed by atoms with van der Waals surface area (Å²) in [7, 11) is 0. The first-order valence-electron chi connectivity index (χ1n) is 8.70. The van der Waals surface area contributed by atoms with Gasteiger partial charge in [-0.3, -0.25) is 4.79 Å². The highest BCUT2D eigenvalue weighted by Crippen LogP contribution is 2.49. The Balaban J connectivity index is 1.76. The molecule has 0 aromatic heterocycles. The van der Waals surface area contributed by atoms with E-state index in [-0.39, 0.29) is 11.9 Å². The number of ether oxygens (including phenoxy) is 1. The predicted molar refractivity (Wildman–Crippen MR) is 85.3 cm³/mol. The van der Waals surface area contributed by atoms with Gasteiger partial charge in [0, 0.05) is 6.04 Å². The number of carbonyl (C=O) groups excluding carboxylic acids is 2. The van der Waals surface area contributed by atoms with E-state index in [1.54, 1.807) is 20.8 Å². The summed E-state index contributed by atoms with van der Waals surface area (Å²) >= 11 is 0. The first kappa shape index (κ1) is 17.0. The molecule has 0 bridgehead atoms. The Bertz CT molecular complexity index is 556. The fourth-order valence-corrected chi connectivity index (χ4v) is 4.08. The number of amides is 2. The number of hydrogen-bond acceptors (Lipinski definition) is 4. The lowest BCUT2D eigenvalue weighted by Crippen LogP contribution is -2.55.